The van der Waals surface area contributed by atoms with Crippen molar-refractivity contribution < 1.29 is 14.2 Å². The van der Waals surface area contributed by atoms with E-state index in [1.54, 1.807) is 7.11 Å². The number of rotatable bonds is 8. The lowest BCUT2D eigenvalue weighted by Crippen LogP contribution is -2.43. The largest absolute Gasteiger partial charge is 0.490 e. The molecule has 0 unspecified atom stereocenters. The number of fused-ring (bicyclic) bond motifs is 1. The summed E-state index contributed by atoms with van der Waals surface area (Å²) in [5.41, 5.74) is 1.39. The second-order valence-corrected chi connectivity index (χ2v) is 7.79. The van der Waals surface area contributed by atoms with Crippen molar-refractivity contribution >= 4 is 29.9 Å². The van der Waals surface area contributed by atoms with Crippen LogP contribution < -0.4 is 20.1 Å². The first-order chi connectivity index (χ1) is 13.8. The minimum atomic E-state index is 0. The molecule has 0 amide bonds. The lowest BCUT2D eigenvalue weighted by atomic mass is 9.83. The number of hydrogen-bond acceptors (Lipinski definition) is 4. The zero-order chi connectivity index (χ0) is 19.7. The highest BCUT2D eigenvalue weighted by atomic mass is 127. The number of aliphatic imine (C=N–C) groups is 1. The Kier molecular flexibility index (Phi) is 10.3. The first-order valence-electron chi connectivity index (χ1n) is 10.6. The fourth-order valence-corrected chi connectivity index (χ4v) is 4.11. The van der Waals surface area contributed by atoms with Crippen molar-refractivity contribution in [2.75, 3.05) is 40.0 Å². The van der Waals surface area contributed by atoms with Gasteiger partial charge in [0.1, 0.15) is 0 Å². The Morgan fingerprint density at radius 2 is 1.93 bits per heavy atom. The number of benzene rings is 1. The lowest BCUT2D eigenvalue weighted by molar-refractivity contribution is 0.138. The Morgan fingerprint density at radius 3 is 2.69 bits per heavy atom. The summed E-state index contributed by atoms with van der Waals surface area (Å²) in [5.74, 6) is 2.53. The van der Waals surface area contributed by atoms with Crippen molar-refractivity contribution in [3.8, 4) is 11.5 Å². The molecule has 29 heavy (non-hydrogen) atoms. The summed E-state index contributed by atoms with van der Waals surface area (Å²) in [6.45, 7) is 6.65. The Balaban J connectivity index is 0.00000300. The van der Waals surface area contributed by atoms with Crippen LogP contribution in [-0.2, 0) is 11.3 Å². The summed E-state index contributed by atoms with van der Waals surface area (Å²) in [5, 5.41) is 6.96. The number of hydrogen-bond donors (Lipinski definition) is 2. The van der Waals surface area contributed by atoms with Crippen LogP contribution in [0.3, 0.4) is 0 Å². The lowest BCUT2D eigenvalue weighted by Gasteiger charge is -2.30. The van der Waals surface area contributed by atoms with E-state index in [2.05, 4.69) is 23.6 Å². The highest BCUT2D eigenvalue weighted by Gasteiger charge is 2.33. The van der Waals surface area contributed by atoms with Gasteiger partial charge in [-0.05, 0) is 37.7 Å². The molecule has 3 rings (SSSR count). The first-order valence-corrected chi connectivity index (χ1v) is 10.6. The van der Waals surface area contributed by atoms with E-state index in [4.69, 9.17) is 19.2 Å². The number of nitrogens with zero attached hydrogens (tertiary/aromatic N) is 1. The van der Waals surface area contributed by atoms with Crippen LogP contribution in [0.15, 0.2) is 23.2 Å². The minimum absolute atomic E-state index is 0. The van der Waals surface area contributed by atoms with Crippen LogP contribution in [0.5, 0.6) is 11.5 Å². The van der Waals surface area contributed by atoms with Crippen LogP contribution in [-0.4, -0.2) is 46.0 Å². The molecule has 1 fully saturated rings. The maximum atomic E-state index is 5.92. The van der Waals surface area contributed by atoms with Crippen LogP contribution in [0.4, 0.5) is 0 Å². The molecule has 164 valence electrons. The van der Waals surface area contributed by atoms with E-state index in [1.165, 1.54) is 25.7 Å². The summed E-state index contributed by atoms with van der Waals surface area (Å²) in [6, 6.07) is 6.05. The molecule has 1 aromatic rings. The zero-order valence-corrected chi connectivity index (χ0v) is 20.1. The molecule has 1 aliphatic carbocycles. The smallest absolute Gasteiger partial charge is 0.191 e. The van der Waals surface area contributed by atoms with Gasteiger partial charge >= 0.3 is 0 Å². The third-order valence-corrected chi connectivity index (χ3v) is 5.74. The molecule has 1 saturated carbocycles. The third kappa shape index (κ3) is 6.91. The minimum Gasteiger partial charge on any atom is -0.490 e. The van der Waals surface area contributed by atoms with E-state index in [1.807, 2.05) is 12.1 Å². The van der Waals surface area contributed by atoms with E-state index >= 15 is 0 Å². The van der Waals surface area contributed by atoms with E-state index < -0.39 is 0 Å². The second-order valence-electron chi connectivity index (χ2n) is 7.79. The SMILES string of the molecule is CCNC(=NCc1cccc2c1OCCCO2)NCC1(CCOC)CCCC1.I. The first kappa shape index (κ1) is 24.1. The van der Waals surface area contributed by atoms with Crippen LogP contribution in [0.1, 0.15) is 51.0 Å². The topological polar surface area (TPSA) is 64.1 Å². The van der Waals surface area contributed by atoms with Gasteiger partial charge in [-0.1, -0.05) is 25.0 Å². The highest BCUT2D eigenvalue weighted by Crippen LogP contribution is 2.40. The average molecular weight is 517 g/mol. The van der Waals surface area contributed by atoms with Crippen molar-refractivity contribution in [3.63, 3.8) is 0 Å². The Morgan fingerprint density at radius 1 is 1.14 bits per heavy atom. The van der Waals surface area contributed by atoms with Crippen LogP contribution >= 0.6 is 24.0 Å². The van der Waals surface area contributed by atoms with Gasteiger partial charge in [0.2, 0.25) is 0 Å². The van der Waals surface area contributed by atoms with E-state index in [9.17, 15) is 0 Å². The maximum absolute atomic E-state index is 5.92. The predicted molar refractivity (Wildman–Crippen MR) is 128 cm³/mol. The molecule has 1 aromatic carbocycles. The number of guanidine groups is 1. The molecule has 1 heterocycles. The molecular formula is C22H36IN3O3. The van der Waals surface area contributed by atoms with Crippen molar-refractivity contribution in [2.45, 2.75) is 52.0 Å². The summed E-state index contributed by atoms with van der Waals surface area (Å²) in [6.07, 6.45) is 7.16. The average Bonchev–Trinajstić information content (AvgIpc) is 3.05. The van der Waals surface area contributed by atoms with Crippen molar-refractivity contribution in [2.24, 2.45) is 10.4 Å². The van der Waals surface area contributed by atoms with Gasteiger partial charge in [-0.2, -0.15) is 0 Å². The molecule has 0 spiro atoms. The Bertz CT molecular complexity index is 648. The predicted octanol–water partition coefficient (Wildman–Crippen LogP) is 4.12. The Labute approximate surface area is 192 Å². The van der Waals surface area contributed by atoms with Gasteiger partial charge in [0.25, 0.3) is 0 Å². The molecule has 0 saturated heterocycles. The molecule has 6 nitrogen and oxygen atoms in total. The molecule has 0 atom stereocenters. The van der Waals surface area contributed by atoms with E-state index in [0.717, 1.165) is 55.6 Å². The normalized spacial score (nSPS) is 17.9. The number of para-hydroxylation sites is 1. The summed E-state index contributed by atoms with van der Waals surface area (Å²) in [7, 11) is 1.79. The highest BCUT2D eigenvalue weighted by molar-refractivity contribution is 14.0. The van der Waals surface area contributed by atoms with Crippen LogP contribution in [0, 0.1) is 5.41 Å². The quantitative estimate of drug-likeness (QED) is 0.309. The standard InChI is InChI=1S/C22H35N3O3.HI/c1-3-23-21(25-17-22(12-15-26-2)10-4-5-11-22)24-16-18-8-6-9-19-20(18)28-14-7-13-27-19;/h6,8-9H,3-5,7,10-17H2,1-2H3,(H2,23,24,25);1H. The Hall–Kier alpha value is -1.22. The van der Waals surface area contributed by atoms with Crippen molar-refractivity contribution in [1.82, 2.24) is 10.6 Å². The number of ether oxygens (including phenoxy) is 3. The summed E-state index contributed by atoms with van der Waals surface area (Å²) < 4.78 is 17.1. The molecule has 2 N–H and O–H groups in total. The number of methoxy groups -OCH3 is 1. The molecule has 0 bridgehead atoms. The van der Waals surface area contributed by atoms with Gasteiger partial charge in [0.05, 0.1) is 19.8 Å². The van der Waals surface area contributed by atoms with Crippen molar-refractivity contribution in [3.05, 3.63) is 23.8 Å². The van der Waals surface area contributed by atoms with Gasteiger partial charge in [-0.3, -0.25) is 0 Å². The van der Waals surface area contributed by atoms with Gasteiger partial charge in [-0.15, -0.1) is 24.0 Å². The molecular weight excluding hydrogens is 481 g/mol. The summed E-state index contributed by atoms with van der Waals surface area (Å²) in [4.78, 5) is 4.82. The van der Waals surface area contributed by atoms with Gasteiger partial charge in [0, 0.05) is 38.8 Å². The van der Waals surface area contributed by atoms with Crippen LogP contribution in [0.2, 0.25) is 0 Å². The maximum Gasteiger partial charge on any atom is 0.191 e. The molecule has 1 aliphatic heterocycles. The second kappa shape index (κ2) is 12.5. The molecule has 0 radical (unpaired) electrons. The zero-order valence-electron chi connectivity index (χ0n) is 17.8. The van der Waals surface area contributed by atoms with Gasteiger partial charge < -0.3 is 24.8 Å². The van der Waals surface area contributed by atoms with Crippen LogP contribution in [0.25, 0.3) is 0 Å². The van der Waals surface area contributed by atoms with Crippen molar-refractivity contribution in [1.29, 1.82) is 0 Å². The van der Waals surface area contributed by atoms with Gasteiger partial charge in [0.15, 0.2) is 17.5 Å². The third-order valence-electron chi connectivity index (χ3n) is 5.74. The fourth-order valence-electron chi connectivity index (χ4n) is 4.11. The number of halogens is 1. The van der Waals surface area contributed by atoms with E-state index in [0.29, 0.717) is 25.2 Å². The molecule has 7 heteroatoms. The summed E-state index contributed by atoms with van der Waals surface area (Å²) >= 11 is 0. The van der Waals surface area contributed by atoms with Gasteiger partial charge in [-0.25, -0.2) is 4.99 Å². The molecule has 0 aromatic heterocycles. The monoisotopic (exact) mass is 517 g/mol. The number of nitrogens with one attached hydrogen (secondary N) is 2. The molecule has 2 aliphatic rings. The fraction of sp³-hybridized carbons (Fsp3) is 0.682. The van der Waals surface area contributed by atoms with E-state index in [-0.39, 0.29) is 24.0 Å².